The van der Waals surface area contributed by atoms with Gasteiger partial charge in [0.2, 0.25) is 0 Å². The van der Waals surface area contributed by atoms with Gasteiger partial charge in [-0.1, -0.05) is 13.8 Å². The van der Waals surface area contributed by atoms with Crippen molar-refractivity contribution >= 4 is 41.5 Å². The Labute approximate surface area is 144 Å². The fourth-order valence-electron chi connectivity index (χ4n) is 1.93. The summed E-state index contributed by atoms with van der Waals surface area (Å²) in [6.07, 6.45) is 2.90. The lowest BCUT2D eigenvalue weighted by Crippen LogP contribution is -2.21. The summed E-state index contributed by atoms with van der Waals surface area (Å²) in [6, 6.07) is 2.39. The molecular weight excluding hydrogens is 397 g/mol. The van der Waals surface area contributed by atoms with Gasteiger partial charge in [-0.2, -0.15) is 0 Å². The lowest BCUT2D eigenvalue weighted by atomic mass is 10.2. The first-order valence-corrected chi connectivity index (χ1v) is 10.4. The number of hydrogen-bond acceptors (Lipinski definition) is 5. The summed E-state index contributed by atoms with van der Waals surface area (Å²) in [5.41, 5.74) is 2.93. The maximum atomic E-state index is 5.38. The molecule has 0 aliphatic carbocycles. The number of ether oxygens (including phenoxy) is 1. The standard InChI is InChI=1S/C13H16IN3OS.C2H6/c1-17(2)13-7-10(4-6-19-14)15-8-12(13)16-11-3-5-18-9-11;1-2/h7-8,11,16H,3,5,9H2,1-2H3;1-2H3. The van der Waals surface area contributed by atoms with Crippen LogP contribution in [0.25, 0.3) is 0 Å². The highest BCUT2D eigenvalue weighted by Crippen LogP contribution is 2.26. The van der Waals surface area contributed by atoms with Crippen molar-refractivity contribution in [2.75, 3.05) is 37.5 Å². The van der Waals surface area contributed by atoms with Gasteiger partial charge in [0.15, 0.2) is 0 Å². The number of hydrogen-bond donors (Lipinski definition) is 1. The van der Waals surface area contributed by atoms with Gasteiger partial charge in [-0.3, -0.25) is 0 Å². The molecule has 0 bridgehead atoms. The van der Waals surface area contributed by atoms with Gasteiger partial charge in [0, 0.05) is 41.9 Å². The summed E-state index contributed by atoms with van der Waals surface area (Å²) >= 11 is 2.15. The molecule has 0 saturated carbocycles. The van der Waals surface area contributed by atoms with Crippen molar-refractivity contribution in [2.24, 2.45) is 0 Å². The van der Waals surface area contributed by atoms with Crippen LogP contribution in [0.2, 0.25) is 0 Å². The SMILES string of the molecule is CC.CN(C)c1cc(C#CSI)ncc1NC1CCOC1. The second-order valence-electron chi connectivity index (χ2n) is 4.49. The van der Waals surface area contributed by atoms with Crippen LogP contribution in [0.4, 0.5) is 11.4 Å². The molecule has 1 atom stereocenters. The lowest BCUT2D eigenvalue weighted by molar-refractivity contribution is 0.195. The third-order valence-electron chi connectivity index (χ3n) is 2.87. The molecule has 4 nitrogen and oxygen atoms in total. The number of nitrogens with one attached hydrogen (secondary N) is 1. The van der Waals surface area contributed by atoms with E-state index in [1.54, 1.807) is 0 Å². The molecule has 1 unspecified atom stereocenters. The van der Waals surface area contributed by atoms with Crippen molar-refractivity contribution in [3.63, 3.8) is 0 Å². The highest BCUT2D eigenvalue weighted by molar-refractivity contribution is 14.2. The van der Waals surface area contributed by atoms with E-state index in [2.05, 4.69) is 47.6 Å². The molecule has 0 radical (unpaired) electrons. The topological polar surface area (TPSA) is 37.4 Å². The highest BCUT2D eigenvalue weighted by Gasteiger charge is 2.17. The van der Waals surface area contributed by atoms with E-state index in [4.69, 9.17) is 4.74 Å². The average molecular weight is 419 g/mol. The zero-order chi connectivity index (χ0) is 15.7. The van der Waals surface area contributed by atoms with Crippen LogP contribution in [-0.4, -0.2) is 38.3 Å². The minimum atomic E-state index is 0.377. The average Bonchev–Trinajstić information content (AvgIpc) is 3.01. The summed E-state index contributed by atoms with van der Waals surface area (Å²) in [5.74, 6) is 3.03. The van der Waals surface area contributed by atoms with Crippen molar-refractivity contribution in [2.45, 2.75) is 26.3 Å². The van der Waals surface area contributed by atoms with Gasteiger partial charge in [-0.15, -0.1) is 0 Å². The zero-order valence-electron chi connectivity index (χ0n) is 12.9. The van der Waals surface area contributed by atoms with E-state index in [-0.39, 0.29) is 0 Å². The molecular formula is C15H22IN3OS. The highest BCUT2D eigenvalue weighted by atomic mass is 127. The first kappa shape index (κ1) is 18.4. The predicted octanol–water partition coefficient (Wildman–Crippen LogP) is 3.77. The summed E-state index contributed by atoms with van der Waals surface area (Å²) in [7, 11) is 5.51. The number of halogens is 1. The molecule has 1 fully saturated rings. The van der Waals surface area contributed by atoms with E-state index in [0.29, 0.717) is 6.04 Å². The van der Waals surface area contributed by atoms with Crippen LogP contribution in [-0.2, 0) is 4.74 Å². The summed E-state index contributed by atoms with van der Waals surface area (Å²) in [4.78, 5) is 6.45. The molecule has 1 N–H and O–H groups in total. The Morgan fingerprint density at radius 1 is 1.48 bits per heavy atom. The van der Waals surface area contributed by atoms with Gasteiger partial charge in [0.05, 0.1) is 30.2 Å². The van der Waals surface area contributed by atoms with Crippen LogP contribution in [0.3, 0.4) is 0 Å². The van der Waals surface area contributed by atoms with Crippen molar-refractivity contribution in [3.8, 4) is 11.2 Å². The van der Waals surface area contributed by atoms with Gasteiger partial charge < -0.3 is 15.0 Å². The summed E-state index contributed by atoms with van der Waals surface area (Å²) in [6.45, 7) is 5.60. The Morgan fingerprint density at radius 3 is 2.81 bits per heavy atom. The minimum Gasteiger partial charge on any atom is -0.379 e. The molecule has 0 aromatic carbocycles. The van der Waals surface area contributed by atoms with E-state index < -0.39 is 0 Å². The monoisotopic (exact) mass is 419 g/mol. The predicted molar refractivity (Wildman–Crippen MR) is 101 cm³/mol. The normalized spacial score (nSPS) is 16.3. The fraction of sp³-hybridized carbons (Fsp3) is 0.533. The minimum absolute atomic E-state index is 0.377. The van der Waals surface area contributed by atoms with Crippen molar-refractivity contribution in [3.05, 3.63) is 18.0 Å². The van der Waals surface area contributed by atoms with E-state index in [9.17, 15) is 0 Å². The molecule has 6 heteroatoms. The number of anilines is 2. The number of pyridine rings is 1. The molecule has 21 heavy (non-hydrogen) atoms. The van der Waals surface area contributed by atoms with Crippen LogP contribution in [0, 0.1) is 11.2 Å². The first-order chi connectivity index (χ1) is 10.2. The summed E-state index contributed by atoms with van der Waals surface area (Å²) < 4.78 is 5.38. The smallest absolute Gasteiger partial charge is 0.116 e. The fourth-order valence-corrected chi connectivity index (χ4v) is 2.41. The van der Waals surface area contributed by atoms with Crippen LogP contribution >= 0.6 is 30.1 Å². The molecule has 0 spiro atoms. The molecule has 1 aliphatic rings. The van der Waals surface area contributed by atoms with Gasteiger partial charge in [0.25, 0.3) is 0 Å². The molecule has 0 amide bonds. The zero-order valence-corrected chi connectivity index (χ0v) is 15.9. The van der Waals surface area contributed by atoms with Gasteiger partial charge in [0.1, 0.15) is 5.69 Å². The van der Waals surface area contributed by atoms with Crippen molar-refractivity contribution in [1.82, 2.24) is 4.98 Å². The van der Waals surface area contributed by atoms with Crippen LogP contribution in [0.5, 0.6) is 0 Å². The van der Waals surface area contributed by atoms with E-state index in [0.717, 1.165) is 36.7 Å². The molecule has 1 aromatic heterocycles. The summed E-state index contributed by atoms with van der Waals surface area (Å²) in [5, 5.41) is 6.45. The second kappa shape index (κ2) is 10.1. The molecule has 1 saturated heterocycles. The largest absolute Gasteiger partial charge is 0.379 e. The van der Waals surface area contributed by atoms with E-state index in [1.165, 1.54) is 8.93 Å². The van der Waals surface area contributed by atoms with E-state index >= 15 is 0 Å². The van der Waals surface area contributed by atoms with Crippen molar-refractivity contribution < 1.29 is 4.74 Å². The number of nitrogens with zero attached hydrogens (tertiary/aromatic N) is 2. The Hall–Kier alpha value is -0.650. The van der Waals surface area contributed by atoms with Crippen molar-refractivity contribution in [1.29, 1.82) is 0 Å². The maximum absolute atomic E-state index is 5.38. The van der Waals surface area contributed by atoms with Gasteiger partial charge >= 0.3 is 0 Å². The molecule has 2 heterocycles. The Kier molecular flexibility index (Phi) is 8.88. The van der Waals surface area contributed by atoms with Gasteiger partial charge in [-0.25, -0.2) is 4.98 Å². The third kappa shape index (κ3) is 5.93. The van der Waals surface area contributed by atoms with E-state index in [1.807, 2.05) is 40.2 Å². The Morgan fingerprint density at radius 2 is 2.24 bits per heavy atom. The third-order valence-corrected chi connectivity index (χ3v) is 3.71. The lowest BCUT2D eigenvalue weighted by Gasteiger charge is -2.20. The molecule has 2 rings (SSSR count). The number of aromatic nitrogens is 1. The molecule has 116 valence electrons. The first-order valence-electron chi connectivity index (χ1n) is 7.01. The molecule has 1 aromatic rings. The quantitative estimate of drug-likeness (QED) is 0.597. The second-order valence-corrected chi connectivity index (χ2v) is 6.17. The maximum Gasteiger partial charge on any atom is 0.116 e. The van der Waals surface area contributed by atoms with Crippen LogP contribution < -0.4 is 10.2 Å². The van der Waals surface area contributed by atoms with Crippen LogP contribution in [0.1, 0.15) is 26.0 Å². The Balaban J connectivity index is 0.00000106. The van der Waals surface area contributed by atoms with Gasteiger partial charge in [-0.05, 0) is 32.6 Å². The number of rotatable bonds is 3. The Bertz CT molecular complexity index is 493. The van der Waals surface area contributed by atoms with Crippen LogP contribution in [0.15, 0.2) is 12.3 Å². The molecule has 1 aliphatic heterocycles.